The van der Waals surface area contributed by atoms with Gasteiger partial charge in [-0.2, -0.15) is 0 Å². The van der Waals surface area contributed by atoms with E-state index in [0.717, 1.165) is 26.2 Å². The molecule has 0 aromatic carbocycles. The molecule has 0 saturated carbocycles. The van der Waals surface area contributed by atoms with Crippen LogP contribution in [0, 0.1) is 0 Å². The first kappa shape index (κ1) is 11.4. The van der Waals surface area contributed by atoms with Gasteiger partial charge in [-0.25, -0.2) is 0 Å². The van der Waals surface area contributed by atoms with Gasteiger partial charge in [-0.05, 0) is 27.7 Å². The first-order valence-electron chi connectivity index (χ1n) is 6.20. The second-order valence-corrected chi connectivity index (χ2v) is 5.48. The summed E-state index contributed by atoms with van der Waals surface area (Å²) < 4.78 is 6.00. The van der Waals surface area contributed by atoms with Crippen LogP contribution in [0.4, 0.5) is 0 Å². The molecule has 0 atom stereocenters. The van der Waals surface area contributed by atoms with Crippen molar-refractivity contribution in [1.82, 2.24) is 9.80 Å². The van der Waals surface area contributed by atoms with E-state index < -0.39 is 0 Å². The van der Waals surface area contributed by atoms with Gasteiger partial charge in [0.2, 0.25) is 0 Å². The third-order valence-corrected chi connectivity index (χ3v) is 3.60. The molecule has 2 rings (SSSR count). The van der Waals surface area contributed by atoms with E-state index in [1.165, 1.54) is 0 Å². The minimum atomic E-state index is 0.433. The van der Waals surface area contributed by atoms with Crippen molar-refractivity contribution < 1.29 is 4.74 Å². The fraction of sp³-hybridized carbons (Fsp3) is 1.00. The van der Waals surface area contributed by atoms with Crippen molar-refractivity contribution in [3.8, 4) is 0 Å². The van der Waals surface area contributed by atoms with Gasteiger partial charge in [-0.3, -0.25) is 9.80 Å². The van der Waals surface area contributed by atoms with Gasteiger partial charge >= 0.3 is 0 Å². The standard InChI is InChI=1S/C12H24N2O/c1-9(2)13-5-11-7-14(10(3)4)8-12(6-13)15-11/h9-12H,5-8H2,1-4H3. The van der Waals surface area contributed by atoms with Gasteiger partial charge in [-0.1, -0.05) is 0 Å². The molecule has 2 bridgehead atoms. The molecular formula is C12H24N2O. The topological polar surface area (TPSA) is 15.7 Å². The molecule has 0 amide bonds. The molecule has 0 aromatic rings. The summed E-state index contributed by atoms with van der Waals surface area (Å²) in [5.74, 6) is 0. The van der Waals surface area contributed by atoms with Gasteiger partial charge in [0.15, 0.2) is 0 Å². The monoisotopic (exact) mass is 212 g/mol. The lowest BCUT2D eigenvalue weighted by molar-refractivity contribution is -0.149. The number of rotatable bonds is 2. The zero-order chi connectivity index (χ0) is 11.0. The van der Waals surface area contributed by atoms with Gasteiger partial charge < -0.3 is 4.74 Å². The zero-order valence-electron chi connectivity index (χ0n) is 10.4. The summed E-state index contributed by atoms with van der Waals surface area (Å²) in [7, 11) is 0. The van der Waals surface area contributed by atoms with Crippen LogP contribution in [0.2, 0.25) is 0 Å². The third kappa shape index (κ3) is 2.52. The largest absolute Gasteiger partial charge is 0.370 e. The molecule has 0 aliphatic carbocycles. The van der Waals surface area contributed by atoms with Crippen LogP contribution < -0.4 is 0 Å². The number of morpholine rings is 2. The van der Waals surface area contributed by atoms with Crippen molar-refractivity contribution in [3.05, 3.63) is 0 Å². The van der Waals surface area contributed by atoms with E-state index in [1.54, 1.807) is 0 Å². The Morgan fingerprint density at radius 3 is 1.40 bits per heavy atom. The van der Waals surface area contributed by atoms with Crippen molar-refractivity contribution in [2.24, 2.45) is 0 Å². The van der Waals surface area contributed by atoms with Crippen LogP contribution in [-0.2, 0) is 4.74 Å². The van der Waals surface area contributed by atoms with Gasteiger partial charge in [0, 0.05) is 38.3 Å². The van der Waals surface area contributed by atoms with Gasteiger partial charge in [0.05, 0.1) is 12.2 Å². The average molecular weight is 212 g/mol. The Labute approximate surface area is 93.4 Å². The number of nitrogens with zero attached hydrogens (tertiary/aromatic N) is 2. The Hall–Kier alpha value is -0.120. The summed E-state index contributed by atoms with van der Waals surface area (Å²) in [6, 6.07) is 1.31. The molecule has 3 heteroatoms. The SMILES string of the molecule is CC(C)N1CC2CN(C(C)C)CC(C1)O2. The van der Waals surface area contributed by atoms with Crippen molar-refractivity contribution in [1.29, 1.82) is 0 Å². The highest BCUT2D eigenvalue weighted by Crippen LogP contribution is 2.21. The van der Waals surface area contributed by atoms with E-state index in [1.807, 2.05) is 0 Å². The van der Waals surface area contributed by atoms with Gasteiger partial charge in [-0.15, -0.1) is 0 Å². The van der Waals surface area contributed by atoms with Crippen LogP contribution in [0.15, 0.2) is 0 Å². The number of hydrogen-bond acceptors (Lipinski definition) is 3. The van der Waals surface area contributed by atoms with Gasteiger partial charge in [0.25, 0.3) is 0 Å². The quantitative estimate of drug-likeness (QED) is 0.684. The van der Waals surface area contributed by atoms with Crippen LogP contribution in [0.1, 0.15) is 27.7 Å². The van der Waals surface area contributed by atoms with Crippen molar-refractivity contribution >= 4 is 0 Å². The Balaban J connectivity index is 1.96. The molecule has 2 heterocycles. The van der Waals surface area contributed by atoms with Crippen LogP contribution in [-0.4, -0.2) is 60.3 Å². The minimum Gasteiger partial charge on any atom is -0.370 e. The van der Waals surface area contributed by atoms with Crippen molar-refractivity contribution in [2.75, 3.05) is 26.2 Å². The van der Waals surface area contributed by atoms with E-state index in [4.69, 9.17) is 4.74 Å². The summed E-state index contributed by atoms with van der Waals surface area (Å²) in [5.41, 5.74) is 0. The average Bonchev–Trinajstić information content (AvgIpc) is 2.15. The molecular weight excluding hydrogens is 188 g/mol. The molecule has 15 heavy (non-hydrogen) atoms. The van der Waals surface area contributed by atoms with E-state index in [9.17, 15) is 0 Å². The van der Waals surface area contributed by atoms with Crippen LogP contribution >= 0.6 is 0 Å². The van der Waals surface area contributed by atoms with E-state index in [2.05, 4.69) is 37.5 Å². The Morgan fingerprint density at radius 2 is 1.13 bits per heavy atom. The summed E-state index contributed by atoms with van der Waals surface area (Å²) in [6.07, 6.45) is 0.865. The second-order valence-electron chi connectivity index (χ2n) is 5.48. The minimum absolute atomic E-state index is 0.433. The first-order chi connectivity index (χ1) is 7.06. The molecule has 3 nitrogen and oxygen atoms in total. The Bertz CT molecular complexity index is 184. The highest BCUT2D eigenvalue weighted by molar-refractivity contribution is 4.88. The van der Waals surface area contributed by atoms with E-state index in [-0.39, 0.29) is 0 Å². The lowest BCUT2D eigenvalue weighted by Crippen LogP contribution is -2.61. The second kappa shape index (κ2) is 4.40. The number of fused-ring (bicyclic) bond motifs is 2. The normalized spacial score (nSPS) is 34.0. The lowest BCUT2D eigenvalue weighted by atomic mass is 10.1. The maximum Gasteiger partial charge on any atom is 0.0833 e. The Morgan fingerprint density at radius 1 is 0.800 bits per heavy atom. The fourth-order valence-electron chi connectivity index (χ4n) is 2.60. The lowest BCUT2D eigenvalue weighted by Gasteiger charge is -2.48. The molecule has 0 N–H and O–H groups in total. The molecule has 88 valence electrons. The molecule has 2 fully saturated rings. The maximum absolute atomic E-state index is 6.00. The fourth-order valence-corrected chi connectivity index (χ4v) is 2.60. The van der Waals surface area contributed by atoms with Crippen molar-refractivity contribution in [3.63, 3.8) is 0 Å². The molecule has 0 spiro atoms. The number of ether oxygens (including phenoxy) is 1. The summed E-state index contributed by atoms with van der Waals surface area (Å²) in [6.45, 7) is 13.6. The molecule has 2 saturated heterocycles. The molecule has 0 radical (unpaired) electrons. The van der Waals surface area contributed by atoms with E-state index in [0.29, 0.717) is 24.3 Å². The summed E-state index contributed by atoms with van der Waals surface area (Å²) >= 11 is 0. The van der Waals surface area contributed by atoms with Crippen LogP contribution in [0.3, 0.4) is 0 Å². The van der Waals surface area contributed by atoms with E-state index >= 15 is 0 Å². The maximum atomic E-state index is 6.00. The first-order valence-corrected chi connectivity index (χ1v) is 6.20. The molecule has 2 aliphatic heterocycles. The highest BCUT2D eigenvalue weighted by atomic mass is 16.5. The summed E-state index contributed by atoms with van der Waals surface area (Å²) in [4.78, 5) is 5.10. The van der Waals surface area contributed by atoms with Crippen molar-refractivity contribution in [2.45, 2.75) is 52.0 Å². The van der Waals surface area contributed by atoms with Gasteiger partial charge in [0.1, 0.15) is 0 Å². The highest BCUT2D eigenvalue weighted by Gasteiger charge is 2.36. The van der Waals surface area contributed by atoms with Crippen LogP contribution in [0.25, 0.3) is 0 Å². The van der Waals surface area contributed by atoms with Crippen LogP contribution in [0.5, 0.6) is 0 Å². The Kier molecular flexibility index (Phi) is 3.33. The predicted octanol–water partition coefficient (Wildman–Crippen LogP) is 1.19. The third-order valence-electron chi connectivity index (χ3n) is 3.60. The molecule has 2 aliphatic rings. The molecule has 0 unspecified atom stereocenters. The number of hydrogen-bond donors (Lipinski definition) is 0. The molecule has 0 aromatic heterocycles. The predicted molar refractivity (Wildman–Crippen MR) is 62.1 cm³/mol. The zero-order valence-corrected chi connectivity index (χ0v) is 10.4. The smallest absolute Gasteiger partial charge is 0.0833 e. The summed E-state index contributed by atoms with van der Waals surface area (Å²) in [5, 5.41) is 0.